The molecule has 1 aliphatic carbocycles. The molecule has 3 rings (SSSR count). The molecule has 14 heavy (non-hydrogen) atoms. The van der Waals surface area contributed by atoms with Gasteiger partial charge in [-0.15, -0.1) is 0 Å². The van der Waals surface area contributed by atoms with Crippen LogP contribution in [0.15, 0.2) is 18.2 Å². The molecule has 2 unspecified atom stereocenters. The van der Waals surface area contributed by atoms with Crippen LogP contribution in [0.5, 0.6) is 0 Å². The number of anilines is 1. The second-order valence-electron chi connectivity index (χ2n) is 4.28. The molecule has 1 fully saturated rings. The Morgan fingerprint density at radius 2 is 2.29 bits per heavy atom. The molecule has 70 valence electrons. The highest BCUT2D eigenvalue weighted by atomic mass is 15.0. The summed E-state index contributed by atoms with van der Waals surface area (Å²) < 4.78 is 0. The van der Waals surface area contributed by atoms with Gasteiger partial charge in [0.2, 0.25) is 0 Å². The Balaban J connectivity index is 2.00. The molecule has 1 aromatic rings. The Bertz CT molecular complexity index is 417. The maximum Gasteiger partial charge on any atom is 0.0991 e. The molecule has 2 atom stereocenters. The summed E-state index contributed by atoms with van der Waals surface area (Å²) in [6.45, 7) is 0. The van der Waals surface area contributed by atoms with Crippen molar-refractivity contribution in [1.82, 2.24) is 0 Å². The molecule has 0 radical (unpaired) electrons. The summed E-state index contributed by atoms with van der Waals surface area (Å²) in [5, 5.41) is 12.3. The Labute approximate surface area is 83.6 Å². The predicted octanol–water partition coefficient (Wildman–Crippen LogP) is 2.30. The lowest BCUT2D eigenvalue weighted by atomic mass is 9.73. The lowest BCUT2D eigenvalue weighted by molar-refractivity contribution is 0.266. The molecule has 1 N–H and O–H groups in total. The number of nitrogens with zero attached hydrogens (tertiary/aromatic N) is 1. The molecule has 1 heterocycles. The third kappa shape index (κ3) is 1.02. The van der Waals surface area contributed by atoms with Crippen LogP contribution in [0.3, 0.4) is 0 Å². The van der Waals surface area contributed by atoms with E-state index in [1.807, 2.05) is 18.2 Å². The van der Waals surface area contributed by atoms with Crippen molar-refractivity contribution >= 4 is 5.69 Å². The van der Waals surface area contributed by atoms with Crippen molar-refractivity contribution in [2.24, 2.45) is 5.92 Å². The van der Waals surface area contributed by atoms with Crippen LogP contribution in [-0.2, 0) is 6.42 Å². The van der Waals surface area contributed by atoms with E-state index >= 15 is 0 Å². The second-order valence-corrected chi connectivity index (χ2v) is 4.28. The van der Waals surface area contributed by atoms with Crippen LogP contribution in [0.1, 0.15) is 24.0 Å². The van der Waals surface area contributed by atoms with Gasteiger partial charge in [-0.25, -0.2) is 0 Å². The van der Waals surface area contributed by atoms with Crippen LogP contribution < -0.4 is 5.32 Å². The van der Waals surface area contributed by atoms with Gasteiger partial charge in [-0.3, -0.25) is 0 Å². The SMILES string of the molecule is N#Cc1ccc2c(c1)CC1CCC1N2. The van der Waals surface area contributed by atoms with Crippen molar-refractivity contribution < 1.29 is 0 Å². The van der Waals surface area contributed by atoms with Crippen LogP contribution in [0, 0.1) is 17.2 Å². The topological polar surface area (TPSA) is 35.8 Å². The largest absolute Gasteiger partial charge is 0.382 e. The van der Waals surface area contributed by atoms with E-state index in [2.05, 4.69) is 11.4 Å². The average molecular weight is 184 g/mol. The minimum Gasteiger partial charge on any atom is -0.382 e. The van der Waals surface area contributed by atoms with Crippen molar-refractivity contribution in [2.75, 3.05) is 5.32 Å². The van der Waals surface area contributed by atoms with Crippen molar-refractivity contribution in [3.05, 3.63) is 29.3 Å². The molecule has 0 amide bonds. The normalized spacial score (nSPS) is 27.6. The van der Waals surface area contributed by atoms with Gasteiger partial charge in [0.1, 0.15) is 0 Å². The van der Waals surface area contributed by atoms with E-state index in [1.54, 1.807) is 0 Å². The Hall–Kier alpha value is -1.49. The molecule has 2 nitrogen and oxygen atoms in total. The molecule has 1 aromatic carbocycles. The van der Waals surface area contributed by atoms with Gasteiger partial charge >= 0.3 is 0 Å². The first kappa shape index (κ1) is 7.87. The van der Waals surface area contributed by atoms with Crippen molar-refractivity contribution in [1.29, 1.82) is 5.26 Å². The quantitative estimate of drug-likeness (QED) is 0.671. The van der Waals surface area contributed by atoms with E-state index in [0.717, 1.165) is 17.9 Å². The first-order chi connectivity index (χ1) is 6.86. The summed E-state index contributed by atoms with van der Waals surface area (Å²) in [4.78, 5) is 0. The van der Waals surface area contributed by atoms with Gasteiger partial charge in [0, 0.05) is 11.7 Å². The number of benzene rings is 1. The van der Waals surface area contributed by atoms with E-state index in [1.165, 1.54) is 24.1 Å². The summed E-state index contributed by atoms with van der Waals surface area (Å²) in [7, 11) is 0. The highest BCUT2D eigenvalue weighted by molar-refractivity contribution is 5.57. The van der Waals surface area contributed by atoms with Crippen LogP contribution in [0.25, 0.3) is 0 Å². The van der Waals surface area contributed by atoms with Gasteiger partial charge < -0.3 is 5.32 Å². The van der Waals surface area contributed by atoms with Crippen LogP contribution in [0.4, 0.5) is 5.69 Å². The molecule has 2 heteroatoms. The molecular weight excluding hydrogens is 172 g/mol. The molecule has 1 saturated carbocycles. The van der Waals surface area contributed by atoms with E-state index in [-0.39, 0.29) is 0 Å². The number of fused-ring (bicyclic) bond motifs is 2. The van der Waals surface area contributed by atoms with Gasteiger partial charge in [-0.05, 0) is 48.9 Å². The zero-order valence-electron chi connectivity index (χ0n) is 7.96. The van der Waals surface area contributed by atoms with E-state index in [9.17, 15) is 0 Å². The van der Waals surface area contributed by atoms with Gasteiger partial charge in [0.05, 0.1) is 11.6 Å². The van der Waals surface area contributed by atoms with Crippen molar-refractivity contribution in [2.45, 2.75) is 25.3 Å². The summed E-state index contributed by atoms with van der Waals surface area (Å²) in [5.74, 6) is 0.816. The molecule has 2 aliphatic rings. The third-order valence-electron chi connectivity index (χ3n) is 3.47. The third-order valence-corrected chi connectivity index (χ3v) is 3.47. The standard InChI is InChI=1S/C12H12N2/c13-7-8-1-3-12-10(5-8)6-9-2-4-11(9)14-12/h1,3,5,9,11,14H,2,4,6H2. The molecule has 0 aromatic heterocycles. The zero-order valence-corrected chi connectivity index (χ0v) is 7.96. The molecule has 0 saturated heterocycles. The highest BCUT2D eigenvalue weighted by Crippen LogP contribution is 2.39. The lowest BCUT2D eigenvalue weighted by Gasteiger charge is -2.42. The van der Waals surface area contributed by atoms with Crippen molar-refractivity contribution in [3.8, 4) is 6.07 Å². The summed E-state index contributed by atoms with van der Waals surface area (Å²) in [6, 6.07) is 8.86. The first-order valence-corrected chi connectivity index (χ1v) is 5.16. The molecule has 0 spiro atoms. The van der Waals surface area contributed by atoms with Gasteiger partial charge in [-0.1, -0.05) is 0 Å². The van der Waals surface area contributed by atoms with Gasteiger partial charge in [0.25, 0.3) is 0 Å². The van der Waals surface area contributed by atoms with Gasteiger partial charge in [-0.2, -0.15) is 5.26 Å². The fourth-order valence-electron chi connectivity index (χ4n) is 2.46. The molecular formula is C12H12N2. The minimum atomic E-state index is 0.704. The lowest BCUT2D eigenvalue weighted by Crippen LogP contribution is -2.42. The number of hydrogen-bond donors (Lipinski definition) is 1. The average Bonchev–Trinajstić information content (AvgIpc) is 2.20. The fraction of sp³-hybridized carbons (Fsp3) is 0.417. The summed E-state index contributed by atoms with van der Waals surface area (Å²) in [5.41, 5.74) is 3.35. The summed E-state index contributed by atoms with van der Waals surface area (Å²) >= 11 is 0. The van der Waals surface area contributed by atoms with E-state index in [4.69, 9.17) is 5.26 Å². The molecule has 0 bridgehead atoms. The number of nitrogens with one attached hydrogen (secondary N) is 1. The fourth-order valence-corrected chi connectivity index (χ4v) is 2.46. The smallest absolute Gasteiger partial charge is 0.0991 e. The van der Waals surface area contributed by atoms with E-state index < -0.39 is 0 Å². The number of nitriles is 1. The van der Waals surface area contributed by atoms with E-state index in [0.29, 0.717) is 6.04 Å². The highest BCUT2D eigenvalue weighted by Gasteiger charge is 2.34. The number of rotatable bonds is 0. The Kier molecular flexibility index (Phi) is 1.55. The monoisotopic (exact) mass is 184 g/mol. The predicted molar refractivity (Wildman–Crippen MR) is 55.0 cm³/mol. The van der Waals surface area contributed by atoms with Crippen LogP contribution in [0.2, 0.25) is 0 Å². The first-order valence-electron chi connectivity index (χ1n) is 5.16. The summed E-state index contributed by atoms with van der Waals surface area (Å²) in [6.07, 6.45) is 3.81. The maximum absolute atomic E-state index is 8.80. The second kappa shape index (κ2) is 2.75. The maximum atomic E-state index is 8.80. The van der Waals surface area contributed by atoms with Crippen LogP contribution in [-0.4, -0.2) is 6.04 Å². The minimum absolute atomic E-state index is 0.704. The van der Waals surface area contributed by atoms with Crippen molar-refractivity contribution in [3.63, 3.8) is 0 Å². The van der Waals surface area contributed by atoms with Gasteiger partial charge in [0.15, 0.2) is 0 Å². The van der Waals surface area contributed by atoms with Crippen LogP contribution >= 0.6 is 0 Å². The zero-order chi connectivity index (χ0) is 9.54. The number of hydrogen-bond acceptors (Lipinski definition) is 2. The molecule has 1 aliphatic heterocycles. The Morgan fingerprint density at radius 3 is 3.00 bits per heavy atom. The Morgan fingerprint density at radius 1 is 1.36 bits per heavy atom.